The summed E-state index contributed by atoms with van der Waals surface area (Å²) in [6, 6.07) is 15.9. The van der Waals surface area contributed by atoms with E-state index in [9.17, 15) is 4.79 Å². The summed E-state index contributed by atoms with van der Waals surface area (Å²) in [6.45, 7) is 1.47. The molecule has 2 rings (SSSR count). The SMILES string of the molecule is CN(C)Cc1ccc(CNC(=O)c2ccccc2I)cc1. The van der Waals surface area contributed by atoms with Crippen molar-refractivity contribution in [1.82, 2.24) is 10.2 Å². The van der Waals surface area contributed by atoms with Gasteiger partial charge in [0.25, 0.3) is 5.91 Å². The molecular weight excluding hydrogens is 375 g/mol. The Morgan fingerprint density at radius 3 is 2.29 bits per heavy atom. The van der Waals surface area contributed by atoms with Gasteiger partial charge in [-0.25, -0.2) is 0 Å². The minimum atomic E-state index is -0.0302. The fraction of sp³-hybridized carbons (Fsp3) is 0.235. The van der Waals surface area contributed by atoms with E-state index in [1.807, 2.05) is 24.3 Å². The second-order valence-electron chi connectivity index (χ2n) is 5.22. The smallest absolute Gasteiger partial charge is 0.252 e. The standard InChI is InChI=1S/C17H19IN2O/c1-20(2)12-14-9-7-13(8-10-14)11-19-17(21)15-5-3-4-6-16(15)18/h3-10H,11-12H2,1-2H3,(H,19,21). The van der Waals surface area contributed by atoms with Gasteiger partial charge in [-0.05, 0) is 59.9 Å². The number of carbonyl (C=O) groups is 1. The van der Waals surface area contributed by atoms with Crippen LogP contribution in [0.1, 0.15) is 21.5 Å². The summed E-state index contributed by atoms with van der Waals surface area (Å²) in [5, 5.41) is 2.96. The van der Waals surface area contributed by atoms with Crippen LogP contribution in [0.2, 0.25) is 0 Å². The molecule has 110 valence electrons. The van der Waals surface area contributed by atoms with E-state index < -0.39 is 0 Å². The number of halogens is 1. The zero-order valence-corrected chi connectivity index (χ0v) is 14.4. The number of benzene rings is 2. The molecule has 0 saturated heterocycles. The van der Waals surface area contributed by atoms with Gasteiger partial charge in [-0.15, -0.1) is 0 Å². The van der Waals surface area contributed by atoms with Crippen LogP contribution in [0.5, 0.6) is 0 Å². The summed E-state index contributed by atoms with van der Waals surface area (Å²) in [7, 11) is 4.10. The first-order valence-corrected chi connectivity index (χ1v) is 7.89. The minimum Gasteiger partial charge on any atom is -0.348 e. The first-order chi connectivity index (χ1) is 10.1. The number of nitrogens with one attached hydrogen (secondary N) is 1. The molecule has 4 heteroatoms. The monoisotopic (exact) mass is 394 g/mol. The van der Waals surface area contributed by atoms with E-state index in [0.717, 1.165) is 21.2 Å². The highest BCUT2D eigenvalue weighted by atomic mass is 127. The molecule has 21 heavy (non-hydrogen) atoms. The number of hydrogen-bond acceptors (Lipinski definition) is 2. The predicted octanol–water partition coefficient (Wildman–Crippen LogP) is 3.28. The van der Waals surface area contributed by atoms with Gasteiger partial charge < -0.3 is 10.2 Å². The molecule has 0 saturated carbocycles. The summed E-state index contributed by atoms with van der Waals surface area (Å²) in [6.07, 6.45) is 0. The van der Waals surface area contributed by atoms with E-state index >= 15 is 0 Å². The van der Waals surface area contributed by atoms with E-state index in [2.05, 4.69) is 71.2 Å². The summed E-state index contributed by atoms with van der Waals surface area (Å²) >= 11 is 2.18. The summed E-state index contributed by atoms with van der Waals surface area (Å²) < 4.78 is 0.967. The summed E-state index contributed by atoms with van der Waals surface area (Å²) in [4.78, 5) is 14.3. The zero-order valence-electron chi connectivity index (χ0n) is 12.3. The van der Waals surface area contributed by atoms with Gasteiger partial charge in [0, 0.05) is 16.7 Å². The highest BCUT2D eigenvalue weighted by Crippen LogP contribution is 2.12. The Morgan fingerprint density at radius 1 is 1.05 bits per heavy atom. The molecule has 3 nitrogen and oxygen atoms in total. The lowest BCUT2D eigenvalue weighted by molar-refractivity contribution is 0.0950. The maximum atomic E-state index is 12.1. The molecule has 0 aromatic heterocycles. The molecule has 0 radical (unpaired) electrons. The van der Waals surface area contributed by atoms with Gasteiger partial charge in [-0.3, -0.25) is 4.79 Å². The van der Waals surface area contributed by atoms with Gasteiger partial charge in [0.05, 0.1) is 5.56 Å². The van der Waals surface area contributed by atoms with Crippen molar-refractivity contribution in [2.75, 3.05) is 14.1 Å². The molecule has 1 amide bonds. The van der Waals surface area contributed by atoms with Crippen molar-refractivity contribution < 1.29 is 4.79 Å². The molecular formula is C17H19IN2O. The number of nitrogens with zero attached hydrogens (tertiary/aromatic N) is 1. The first-order valence-electron chi connectivity index (χ1n) is 6.81. The molecule has 1 N–H and O–H groups in total. The van der Waals surface area contributed by atoms with Crippen molar-refractivity contribution in [3.63, 3.8) is 0 Å². The minimum absolute atomic E-state index is 0.0302. The third-order valence-corrected chi connectivity index (χ3v) is 4.03. The van der Waals surface area contributed by atoms with Crippen LogP contribution in [0, 0.1) is 3.57 Å². The van der Waals surface area contributed by atoms with Crippen molar-refractivity contribution in [3.05, 3.63) is 68.8 Å². The van der Waals surface area contributed by atoms with E-state index in [-0.39, 0.29) is 5.91 Å². The van der Waals surface area contributed by atoms with Crippen LogP contribution >= 0.6 is 22.6 Å². The molecule has 0 heterocycles. The molecule has 0 aliphatic carbocycles. The molecule has 2 aromatic rings. The molecule has 2 aromatic carbocycles. The van der Waals surface area contributed by atoms with Crippen LogP contribution in [0.4, 0.5) is 0 Å². The van der Waals surface area contributed by atoms with Crippen molar-refractivity contribution in [3.8, 4) is 0 Å². The Bertz CT molecular complexity index is 608. The van der Waals surface area contributed by atoms with E-state index in [1.165, 1.54) is 5.56 Å². The average Bonchev–Trinajstić information content (AvgIpc) is 2.46. The zero-order chi connectivity index (χ0) is 15.2. The molecule has 0 bridgehead atoms. The molecule has 0 fully saturated rings. The largest absolute Gasteiger partial charge is 0.348 e. The van der Waals surface area contributed by atoms with Crippen molar-refractivity contribution >= 4 is 28.5 Å². The number of rotatable bonds is 5. The number of hydrogen-bond donors (Lipinski definition) is 1. The van der Waals surface area contributed by atoms with Gasteiger partial charge in [0.2, 0.25) is 0 Å². The van der Waals surface area contributed by atoms with E-state index in [4.69, 9.17) is 0 Å². The van der Waals surface area contributed by atoms with Crippen LogP contribution in [0.15, 0.2) is 48.5 Å². The van der Waals surface area contributed by atoms with Crippen LogP contribution < -0.4 is 5.32 Å². The maximum Gasteiger partial charge on any atom is 0.252 e. The Labute approximate surface area is 139 Å². The lowest BCUT2D eigenvalue weighted by atomic mass is 10.1. The van der Waals surface area contributed by atoms with Crippen molar-refractivity contribution in [2.24, 2.45) is 0 Å². The van der Waals surface area contributed by atoms with Gasteiger partial charge in [0.15, 0.2) is 0 Å². The maximum absolute atomic E-state index is 12.1. The van der Waals surface area contributed by atoms with Crippen LogP contribution in [0.25, 0.3) is 0 Å². The van der Waals surface area contributed by atoms with Crippen LogP contribution in [0.3, 0.4) is 0 Å². The normalized spacial score (nSPS) is 10.7. The Hall–Kier alpha value is -1.40. The highest BCUT2D eigenvalue weighted by Gasteiger charge is 2.08. The Balaban J connectivity index is 1.94. The molecule has 0 unspecified atom stereocenters. The van der Waals surface area contributed by atoms with E-state index in [1.54, 1.807) is 0 Å². The Kier molecular flexibility index (Phi) is 5.76. The van der Waals surface area contributed by atoms with Gasteiger partial charge in [-0.1, -0.05) is 36.4 Å². The quantitative estimate of drug-likeness (QED) is 0.790. The lowest BCUT2D eigenvalue weighted by Gasteiger charge is -2.11. The molecule has 0 aliphatic rings. The van der Waals surface area contributed by atoms with Gasteiger partial charge >= 0.3 is 0 Å². The molecule has 0 aliphatic heterocycles. The number of carbonyl (C=O) groups excluding carboxylic acids is 1. The molecule has 0 spiro atoms. The van der Waals surface area contributed by atoms with Crippen LogP contribution in [-0.2, 0) is 13.1 Å². The molecule has 0 atom stereocenters. The summed E-state index contributed by atoms with van der Waals surface area (Å²) in [5.74, 6) is -0.0302. The third kappa shape index (κ3) is 4.82. The lowest BCUT2D eigenvalue weighted by Crippen LogP contribution is -2.23. The fourth-order valence-electron chi connectivity index (χ4n) is 2.05. The fourth-order valence-corrected chi connectivity index (χ4v) is 2.68. The van der Waals surface area contributed by atoms with Crippen LogP contribution in [-0.4, -0.2) is 24.9 Å². The second-order valence-corrected chi connectivity index (χ2v) is 6.38. The topological polar surface area (TPSA) is 32.3 Å². The number of amides is 1. The van der Waals surface area contributed by atoms with Gasteiger partial charge in [0.1, 0.15) is 0 Å². The van der Waals surface area contributed by atoms with E-state index in [0.29, 0.717) is 6.54 Å². The second kappa shape index (κ2) is 7.56. The Morgan fingerprint density at radius 2 is 1.67 bits per heavy atom. The predicted molar refractivity (Wildman–Crippen MR) is 94.2 cm³/mol. The summed E-state index contributed by atoms with van der Waals surface area (Å²) in [5.41, 5.74) is 3.10. The van der Waals surface area contributed by atoms with Crippen molar-refractivity contribution in [2.45, 2.75) is 13.1 Å². The average molecular weight is 394 g/mol. The highest BCUT2D eigenvalue weighted by molar-refractivity contribution is 14.1. The van der Waals surface area contributed by atoms with Crippen molar-refractivity contribution in [1.29, 1.82) is 0 Å². The third-order valence-electron chi connectivity index (χ3n) is 3.09. The first kappa shape index (κ1) is 16.0. The van der Waals surface area contributed by atoms with Gasteiger partial charge in [-0.2, -0.15) is 0 Å².